The van der Waals surface area contributed by atoms with Crippen molar-refractivity contribution < 1.29 is 10.2 Å². The molecule has 0 amide bonds. The maximum Gasteiger partial charge on any atom is 0.123 e. The van der Waals surface area contributed by atoms with Gasteiger partial charge in [0.2, 0.25) is 0 Å². The maximum atomic E-state index is 10.6. The molecule has 1 rings (SSSR count). The number of hydrogen-bond acceptors (Lipinski definition) is 2. The number of rotatable bonds is 4. The molecule has 2 heteroatoms. The maximum absolute atomic E-state index is 10.6. The van der Waals surface area contributed by atoms with E-state index in [0.717, 1.165) is 23.1 Å². The van der Waals surface area contributed by atoms with Gasteiger partial charge in [-0.25, -0.2) is 0 Å². The molecule has 2 N–H and O–H groups in total. The van der Waals surface area contributed by atoms with Crippen molar-refractivity contribution in [1.29, 1.82) is 0 Å². The Morgan fingerprint density at radius 2 is 1.53 bits per heavy atom. The van der Waals surface area contributed by atoms with E-state index in [9.17, 15) is 10.2 Å². The predicted octanol–water partition coefficient (Wildman–Crippen LogP) is 3.91. The average molecular weight is 264 g/mol. The van der Waals surface area contributed by atoms with Crippen molar-refractivity contribution in [1.82, 2.24) is 0 Å². The molecule has 0 heterocycles. The molecule has 1 aromatic carbocycles. The van der Waals surface area contributed by atoms with Crippen LogP contribution in [0.3, 0.4) is 0 Å². The van der Waals surface area contributed by atoms with Crippen LogP contribution in [-0.4, -0.2) is 16.8 Å². The summed E-state index contributed by atoms with van der Waals surface area (Å²) >= 11 is 0. The van der Waals surface area contributed by atoms with Gasteiger partial charge < -0.3 is 10.2 Å². The second kappa shape index (κ2) is 5.54. The Kier molecular flexibility index (Phi) is 4.67. The molecular formula is C17H28O2. The summed E-state index contributed by atoms with van der Waals surface area (Å²) in [6.45, 7) is 12.9. The number of benzene rings is 1. The minimum Gasteiger partial charge on any atom is -0.507 e. The highest BCUT2D eigenvalue weighted by molar-refractivity contribution is 5.50. The van der Waals surface area contributed by atoms with E-state index in [1.54, 1.807) is 0 Å². The molecule has 108 valence electrons. The van der Waals surface area contributed by atoms with Gasteiger partial charge in [-0.1, -0.05) is 53.7 Å². The van der Waals surface area contributed by atoms with Crippen LogP contribution in [0.15, 0.2) is 12.1 Å². The van der Waals surface area contributed by atoms with Gasteiger partial charge in [0.1, 0.15) is 5.75 Å². The van der Waals surface area contributed by atoms with Gasteiger partial charge >= 0.3 is 0 Å². The molecule has 0 saturated carbocycles. The fourth-order valence-electron chi connectivity index (χ4n) is 2.25. The molecule has 0 aliphatic heterocycles. The zero-order valence-corrected chi connectivity index (χ0v) is 13.2. The Bertz CT molecular complexity index is 439. The Morgan fingerprint density at radius 3 is 1.95 bits per heavy atom. The Morgan fingerprint density at radius 1 is 1.00 bits per heavy atom. The van der Waals surface area contributed by atoms with Gasteiger partial charge in [0.25, 0.3) is 0 Å². The lowest BCUT2D eigenvalue weighted by atomic mass is 9.76. The van der Waals surface area contributed by atoms with Crippen molar-refractivity contribution in [3.63, 3.8) is 0 Å². The van der Waals surface area contributed by atoms with Crippen molar-refractivity contribution in [2.45, 2.75) is 65.2 Å². The van der Waals surface area contributed by atoms with Gasteiger partial charge in [-0.3, -0.25) is 0 Å². The number of aliphatic hydroxyl groups excluding tert-OH is 1. The molecule has 0 bridgehead atoms. The molecule has 0 spiro atoms. The highest BCUT2D eigenvalue weighted by Crippen LogP contribution is 2.41. The molecule has 0 atom stereocenters. The molecule has 0 radical (unpaired) electrons. The minimum absolute atomic E-state index is 0.0600. The van der Waals surface area contributed by atoms with Crippen LogP contribution in [0.4, 0.5) is 0 Å². The largest absolute Gasteiger partial charge is 0.507 e. The first kappa shape index (κ1) is 16.0. The Hall–Kier alpha value is -1.02. The lowest BCUT2D eigenvalue weighted by Gasteiger charge is -2.30. The van der Waals surface area contributed by atoms with Gasteiger partial charge in [-0.15, -0.1) is 0 Å². The summed E-state index contributed by atoms with van der Waals surface area (Å²) in [5.41, 5.74) is 2.89. The van der Waals surface area contributed by atoms with Crippen molar-refractivity contribution in [3.8, 4) is 5.75 Å². The van der Waals surface area contributed by atoms with Crippen molar-refractivity contribution in [2.24, 2.45) is 0 Å². The van der Waals surface area contributed by atoms with Gasteiger partial charge in [-0.2, -0.15) is 0 Å². The number of aromatic hydroxyl groups is 1. The second-order valence-electron chi connectivity index (χ2n) is 7.00. The van der Waals surface area contributed by atoms with Crippen LogP contribution in [0.25, 0.3) is 0 Å². The SMILES string of the molecule is CCC(C)(C)c1cc(CCO)cc(C(C)(C)C)c1O. The molecule has 2 nitrogen and oxygen atoms in total. The van der Waals surface area contributed by atoms with Crippen LogP contribution in [-0.2, 0) is 17.3 Å². The van der Waals surface area contributed by atoms with Crippen LogP contribution in [0.5, 0.6) is 5.75 Å². The molecule has 0 saturated heterocycles. The topological polar surface area (TPSA) is 40.5 Å². The quantitative estimate of drug-likeness (QED) is 0.865. The van der Waals surface area contributed by atoms with Crippen LogP contribution in [0.2, 0.25) is 0 Å². The minimum atomic E-state index is -0.103. The molecule has 1 aromatic rings. The third-order valence-corrected chi connectivity index (χ3v) is 3.99. The summed E-state index contributed by atoms with van der Waals surface area (Å²) in [6.07, 6.45) is 1.60. The zero-order chi connectivity index (χ0) is 14.8. The third kappa shape index (κ3) is 3.50. The average Bonchev–Trinajstić information content (AvgIpc) is 2.29. The summed E-state index contributed by atoms with van der Waals surface area (Å²) in [5.74, 6) is 0.418. The molecular weight excluding hydrogens is 236 g/mol. The summed E-state index contributed by atoms with van der Waals surface area (Å²) in [7, 11) is 0. The van der Waals surface area contributed by atoms with Crippen LogP contribution in [0, 0.1) is 0 Å². The van der Waals surface area contributed by atoms with Crippen LogP contribution in [0.1, 0.15) is 64.7 Å². The van der Waals surface area contributed by atoms with E-state index in [1.165, 1.54) is 0 Å². The van der Waals surface area contributed by atoms with E-state index in [0.29, 0.717) is 12.2 Å². The van der Waals surface area contributed by atoms with E-state index >= 15 is 0 Å². The smallest absolute Gasteiger partial charge is 0.123 e. The van der Waals surface area contributed by atoms with Crippen LogP contribution < -0.4 is 0 Å². The number of phenolic OH excluding ortho intramolecular Hbond substituents is 1. The van der Waals surface area contributed by atoms with E-state index in [-0.39, 0.29) is 17.4 Å². The van der Waals surface area contributed by atoms with E-state index in [4.69, 9.17) is 0 Å². The first-order chi connectivity index (χ1) is 8.63. The van der Waals surface area contributed by atoms with E-state index in [1.807, 2.05) is 12.1 Å². The summed E-state index contributed by atoms with van der Waals surface area (Å²) < 4.78 is 0. The molecule has 19 heavy (non-hydrogen) atoms. The Balaban J connectivity index is 3.50. The predicted molar refractivity (Wildman–Crippen MR) is 80.9 cm³/mol. The molecule has 0 aliphatic carbocycles. The van der Waals surface area contributed by atoms with Gasteiger partial charge in [0.15, 0.2) is 0 Å². The monoisotopic (exact) mass is 264 g/mol. The number of hydrogen-bond donors (Lipinski definition) is 2. The van der Waals surface area contributed by atoms with Gasteiger partial charge in [0, 0.05) is 12.2 Å². The standard InChI is InChI=1S/C17H28O2/c1-7-17(5,6)14-11-12(8-9-18)10-13(15(14)19)16(2,3)4/h10-11,18-19H,7-9H2,1-6H3. The fraction of sp³-hybridized carbons (Fsp3) is 0.647. The van der Waals surface area contributed by atoms with Gasteiger partial charge in [0.05, 0.1) is 0 Å². The molecule has 0 aromatic heterocycles. The first-order valence-corrected chi connectivity index (χ1v) is 7.11. The van der Waals surface area contributed by atoms with Crippen molar-refractivity contribution in [3.05, 3.63) is 28.8 Å². The lowest BCUT2D eigenvalue weighted by molar-refractivity contribution is 0.299. The third-order valence-electron chi connectivity index (χ3n) is 3.99. The van der Waals surface area contributed by atoms with Crippen molar-refractivity contribution >= 4 is 0 Å². The number of phenols is 1. The van der Waals surface area contributed by atoms with Crippen LogP contribution >= 0.6 is 0 Å². The molecule has 0 fully saturated rings. The lowest BCUT2D eigenvalue weighted by Crippen LogP contribution is -2.20. The summed E-state index contributed by atoms with van der Waals surface area (Å²) in [5, 5.41) is 19.8. The summed E-state index contributed by atoms with van der Waals surface area (Å²) in [4.78, 5) is 0. The summed E-state index contributed by atoms with van der Waals surface area (Å²) in [6, 6.07) is 4.07. The first-order valence-electron chi connectivity index (χ1n) is 7.11. The molecule has 0 aliphatic rings. The highest BCUT2D eigenvalue weighted by atomic mass is 16.3. The highest BCUT2D eigenvalue weighted by Gasteiger charge is 2.28. The zero-order valence-electron chi connectivity index (χ0n) is 13.2. The number of aliphatic hydroxyl groups is 1. The fourth-order valence-corrected chi connectivity index (χ4v) is 2.25. The second-order valence-corrected chi connectivity index (χ2v) is 7.00. The molecule has 0 unspecified atom stereocenters. The van der Waals surface area contributed by atoms with E-state index in [2.05, 4.69) is 41.5 Å². The van der Waals surface area contributed by atoms with Gasteiger partial charge in [-0.05, 0) is 34.8 Å². The Labute approximate surface area is 117 Å². The van der Waals surface area contributed by atoms with Crippen molar-refractivity contribution in [2.75, 3.05) is 6.61 Å². The van der Waals surface area contributed by atoms with E-state index < -0.39 is 0 Å². The normalized spacial score (nSPS) is 12.8.